The second kappa shape index (κ2) is 5.99. The molecule has 0 aromatic heterocycles. The number of piperidine rings is 1. The third kappa shape index (κ3) is 3.19. The zero-order valence-electron chi connectivity index (χ0n) is 10.5. The summed E-state index contributed by atoms with van der Waals surface area (Å²) < 4.78 is 5.39. The predicted octanol–water partition coefficient (Wildman–Crippen LogP) is 1.47. The van der Waals surface area contributed by atoms with Crippen LogP contribution in [0.4, 0.5) is 0 Å². The monoisotopic (exact) mass is 226 g/mol. The van der Waals surface area contributed by atoms with Gasteiger partial charge in [0.15, 0.2) is 0 Å². The SMILES string of the molecule is COCC(C1CC1)N1CCCC(CCN)C1. The third-order valence-corrected chi connectivity index (χ3v) is 4.10. The largest absolute Gasteiger partial charge is 0.383 e. The normalized spacial score (nSPS) is 29.2. The Balaban J connectivity index is 1.85. The van der Waals surface area contributed by atoms with Crippen molar-refractivity contribution < 1.29 is 4.74 Å². The van der Waals surface area contributed by atoms with Gasteiger partial charge in [0, 0.05) is 19.7 Å². The van der Waals surface area contributed by atoms with E-state index in [1.165, 1.54) is 45.2 Å². The highest BCUT2D eigenvalue weighted by Crippen LogP contribution is 2.37. The summed E-state index contributed by atoms with van der Waals surface area (Å²) in [6.07, 6.45) is 6.73. The van der Waals surface area contributed by atoms with E-state index in [2.05, 4.69) is 4.90 Å². The second-order valence-corrected chi connectivity index (χ2v) is 5.44. The molecule has 1 saturated heterocycles. The lowest BCUT2D eigenvalue weighted by atomic mass is 9.93. The Labute approximate surface area is 99.3 Å². The van der Waals surface area contributed by atoms with E-state index in [4.69, 9.17) is 10.5 Å². The summed E-state index contributed by atoms with van der Waals surface area (Å²) in [4.78, 5) is 2.67. The quantitative estimate of drug-likeness (QED) is 0.745. The zero-order chi connectivity index (χ0) is 11.4. The highest BCUT2D eigenvalue weighted by Gasteiger charge is 2.36. The summed E-state index contributed by atoms with van der Waals surface area (Å²) in [7, 11) is 1.83. The lowest BCUT2D eigenvalue weighted by Crippen LogP contribution is -2.46. The molecular weight excluding hydrogens is 200 g/mol. The Hall–Kier alpha value is -0.120. The van der Waals surface area contributed by atoms with Crippen LogP contribution in [-0.2, 0) is 4.74 Å². The first-order valence-electron chi connectivity index (χ1n) is 6.78. The van der Waals surface area contributed by atoms with Crippen molar-refractivity contribution in [3.63, 3.8) is 0 Å². The Bertz CT molecular complexity index is 204. The van der Waals surface area contributed by atoms with Gasteiger partial charge in [0.1, 0.15) is 0 Å². The first-order valence-corrected chi connectivity index (χ1v) is 6.78. The standard InChI is InChI=1S/C13H26N2O/c1-16-10-13(12-4-5-12)15-8-2-3-11(9-15)6-7-14/h11-13H,2-10,14H2,1H3. The number of methoxy groups -OCH3 is 1. The van der Waals surface area contributed by atoms with E-state index in [0.717, 1.165) is 25.0 Å². The molecule has 1 aliphatic carbocycles. The maximum Gasteiger partial charge on any atom is 0.0620 e. The van der Waals surface area contributed by atoms with E-state index in [1.54, 1.807) is 0 Å². The van der Waals surface area contributed by atoms with Crippen LogP contribution in [0.2, 0.25) is 0 Å². The molecule has 94 valence electrons. The summed E-state index contributed by atoms with van der Waals surface area (Å²) in [6.45, 7) is 4.28. The molecule has 2 unspecified atom stereocenters. The van der Waals surface area contributed by atoms with Crippen molar-refractivity contribution >= 4 is 0 Å². The fraction of sp³-hybridized carbons (Fsp3) is 1.00. The Kier molecular flexibility index (Phi) is 4.62. The highest BCUT2D eigenvalue weighted by atomic mass is 16.5. The van der Waals surface area contributed by atoms with Gasteiger partial charge in [0.05, 0.1) is 6.61 Å². The van der Waals surface area contributed by atoms with Crippen LogP contribution in [0.5, 0.6) is 0 Å². The summed E-state index contributed by atoms with van der Waals surface area (Å²) in [5, 5.41) is 0. The lowest BCUT2D eigenvalue weighted by molar-refractivity contribution is 0.0474. The average molecular weight is 226 g/mol. The molecule has 2 rings (SSSR count). The Morgan fingerprint density at radius 1 is 1.38 bits per heavy atom. The number of hydrogen-bond acceptors (Lipinski definition) is 3. The smallest absolute Gasteiger partial charge is 0.0620 e. The molecule has 2 N–H and O–H groups in total. The molecule has 0 aromatic rings. The van der Waals surface area contributed by atoms with E-state index in [-0.39, 0.29) is 0 Å². The van der Waals surface area contributed by atoms with Crippen molar-refractivity contribution in [2.24, 2.45) is 17.6 Å². The molecule has 3 nitrogen and oxygen atoms in total. The molecule has 0 aromatic carbocycles. The first-order chi connectivity index (χ1) is 7.85. The summed E-state index contributed by atoms with van der Waals surface area (Å²) >= 11 is 0. The van der Waals surface area contributed by atoms with Gasteiger partial charge in [-0.2, -0.15) is 0 Å². The van der Waals surface area contributed by atoms with E-state index >= 15 is 0 Å². The number of rotatable bonds is 6. The number of nitrogens with zero attached hydrogens (tertiary/aromatic N) is 1. The Morgan fingerprint density at radius 3 is 2.81 bits per heavy atom. The summed E-state index contributed by atoms with van der Waals surface area (Å²) in [5.41, 5.74) is 5.67. The van der Waals surface area contributed by atoms with Gasteiger partial charge in [0.25, 0.3) is 0 Å². The maximum absolute atomic E-state index is 5.67. The third-order valence-electron chi connectivity index (χ3n) is 4.10. The van der Waals surface area contributed by atoms with Crippen molar-refractivity contribution in [1.82, 2.24) is 4.90 Å². The molecular formula is C13H26N2O. The van der Waals surface area contributed by atoms with Crippen LogP contribution in [0.15, 0.2) is 0 Å². The van der Waals surface area contributed by atoms with Crippen molar-refractivity contribution in [2.75, 3.05) is 33.4 Å². The van der Waals surface area contributed by atoms with E-state index < -0.39 is 0 Å². The summed E-state index contributed by atoms with van der Waals surface area (Å²) in [5.74, 6) is 1.74. The number of nitrogens with two attached hydrogens (primary N) is 1. The highest BCUT2D eigenvalue weighted by molar-refractivity contribution is 4.90. The van der Waals surface area contributed by atoms with Crippen molar-refractivity contribution in [3.05, 3.63) is 0 Å². The van der Waals surface area contributed by atoms with Crippen molar-refractivity contribution in [2.45, 2.75) is 38.1 Å². The van der Waals surface area contributed by atoms with Crippen LogP contribution in [-0.4, -0.2) is 44.3 Å². The van der Waals surface area contributed by atoms with Crippen LogP contribution in [0.3, 0.4) is 0 Å². The van der Waals surface area contributed by atoms with Gasteiger partial charge in [-0.3, -0.25) is 4.90 Å². The molecule has 1 saturated carbocycles. The van der Waals surface area contributed by atoms with Gasteiger partial charge in [-0.25, -0.2) is 0 Å². The van der Waals surface area contributed by atoms with Crippen molar-refractivity contribution in [1.29, 1.82) is 0 Å². The van der Waals surface area contributed by atoms with Crippen LogP contribution in [0.1, 0.15) is 32.1 Å². The summed E-state index contributed by atoms with van der Waals surface area (Å²) in [6, 6.07) is 0.686. The molecule has 0 amide bonds. The molecule has 2 aliphatic rings. The molecule has 3 heteroatoms. The number of ether oxygens (including phenoxy) is 1. The topological polar surface area (TPSA) is 38.5 Å². The fourth-order valence-corrected chi connectivity index (χ4v) is 3.06. The first kappa shape index (κ1) is 12.3. The molecule has 2 fully saturated rings. The van der Waals surface area contributed by atoms with Gasteiger partial charge >= 0.3 is 0 Å². The molecule has 1 heterocycles. The van der Waals surface area contributed by atoms with Gasteiger partial charge in [-0.1, -0.05) is 0 Å². The average Bonchev–Trinajstić information content (AvgIpc) is 3.11. The molecule has 2 atom stereocenters. The van der Waals surface area contributed by atoms with Crippen LogP contribution < -0.4 is 5.73 Å². The number of likely N-dealkylation sites (tertiary alicyclic amines) is 1. The van der Waals surface area contributed by atoms with E-state index in [0.29, 0.717) is 6.04 Å². The predicted molar refractivity (Wildman–Crippen MR) is 66.4 cm³/mol. The minimum Gasteiger partial charge on any atom is -0.383 e. The minimum absolute atomic E-state index is 0.686. The Morgan fingerprint density at radius 2 is 2.19 bits per heavy atom. The van der Waals surface area contributed by atoms with E-state index in [1.807, 2.05) is 7.11 Å². The molecule has 0 spiro atoms. The lowest BCUT2D eigenvalue weighted by Gasteiger charge is -2.38. The molecule has 1 aliphatic heterocycles. The van der Waals surface area contributed by atoms with Gasteiger partial charge in [-0.15, -0.1) is 0 Å². The van der Waals surface area contributed by atoms with E-state index in [9.17, 15) is 0 Å². The van der Waals surface area contributed by atoms with Gasteiger partial charge in [-0.05, 0) is 57.0 Å². The van der Waals surface area contributed by atoms with Crippen LogP contribution in [0, 0.1) is 11.8 Å². The fourth-order valence-electron chi connectivity index (χ4n) is 3.06. The zero-order valence-corrected chi connectivity index (χ0v) is 10.5. The van der Waals surface area contributed by atoms with Gasteiger partial charge in [0.2, 0.25) is 0 Å². The molecule has 0 radical (unpaired) electrons. The molecule has 0 bridgehead atoms. The maximum atomic E-state index is 5.67. The molecule has 16 heavy (non-hydrogen) atoms. The van der Waals surface area contributed by atoms with Crippen molar-refractivity contribution in [3.8, 4) is 0 Å². The van der Waals surface area contributed by atoms with Crippen LogP contribution in [0.25, 0.3) is 0 Å². The van der Waals surface area contributed by atoms with Crippen LogP contribution >= 0.6 is 0 Å². The minimum atomic E-state index is 0.686. The number of hydrogen-bond donors (Lipinski definition) is 1. The van der Waals surface area contributed by atoms with Gasteiger partial charge < -0.3 is 10.5 Å². The second-order valence-electron chi connectivity index (χ2n) is 5.44.